The van der Waals surface area contributed by atoms with Crippen LogP contribution in [-0.2, 0) is 24.4 Å². The van der Waals surface area contributed by atoms with E-state index in [4.69, 9.17) is 19.9 Å². The second-order valence-corrected chi connectivity index (χ2v) is 10.8. The SMILES string of the molecule is CC.CC1CCC1C1CCC1c1nc2cc(COc3ccccc3CC(=O)O)cc(-c3ccnc(CN)c3)c2o1. The first-order valence-electron chi connectivity index (χ1n) is 14.5. The number of nitrogens with zero attached hydrogens (tertiary/aromatic N) is 2. The second-order valence-electron chi connectivity index (χ2n) is 10.8. The van der Waals surface area contributed by atoms with E-state index >= 15 is 0 Å². The molecule has 2 saturated carbocycles. The lowest BCUT2D eigenvalue weighted by atomic mass is 9.57. The lowest BCUT2D eigenvalue weighted by molar-refractivity contribution is -0.136. The van der Waals surface area contributed by atoms with Crippen LogP contribution in [0.5, 0.6) is 5.75 Å². The number of oxazole rings is 1. The van der Waals surface area contributed by atoms with Crippen molar-refractivity contribution in [1.29, 1.82) is 0 Å². The third kappa shape index (κ3) is 5.61. The van der Waals surface area contributed by atoms with Gasteiger partial charge in [0.05, 0.1) is 12.1 Å². The highest BCUT2D eigenvalue weighted by Crippen LogP contribution is 2.54. The van der Waals surface area contributed by atoms with Crippen LogP contribution in [0.3, 0.4) is 0 Å². The molecule has 2 aliphatic rings. The van der Waals surface area contributed by atoms with Crippen LogP contribution >= 0.6 is 0 Å². The molecule has 0 radical (unpaired) electrons. The molecule has 4 unspecified atom stereocenters. The molecule has 7 nitrogen and oxygen atoms in total. The number of carbonyl (C=O) groups is 1. The van der Waals surface area contributed by atoms with Gasteiger partial charge in [-0.15, -0.1) is 0 Å². The Morgan fingerprint density at radius 2 is 1.88 bits per heavy atom. The summed E-state index contributed by atoms with van der Waals surface area (Å²) in [7, 11) is 0. The van der Waals surface area contributed by atoms with Gasteiger partial charge in [-0.3, -0.25) is 9.78 Å². The highest BCUT2D eigenvalue weighted by atomic mass is 16.5. The van der Waals surface area contributed by atoms with Crippen molar-refractivity contribution >= 4 is 17.1 Å². The fraction of sp³-hybridized carbons (Fsp3) is 0.424. The van der Waals surface area contributed by atoms with E-state index in [9.17, 15) is 9.90 Å². The Morgan fingerprint density at radius 1 is 1.07 bits per heavy atom. The van der Waals surface area contributed by atoms with Crippen molar-refractivity contribution in [1.82, 2.24) is 9.97 Å². The first-order chi connectivity index (χ1) is 19.5. The summed E-state index contributed by atoms with van der Waals surface area (Å²) in [6, 6.07) is 15.3. The maximum absolute atomic E-state index is 11.3. The topological polar surface area (TPSA) is 111 Å². The molecule has 2 heterocycles. The van der Waals surface area contributed by atoms with Gasteiger partial charge in [0, 0.05) is 29.8 Å². The summed E-state index contributed by atoms with van der Waals surface area (Å²) < 4.78 is 12.7. The van der Waals surface area contributed by atoms with Crippen LogP contribution in [0.1, 0.15) is 75.1 Å². The normalized spacial score (nSPS) is 21.6. The fourth-order valence-corrected chi connectivity index (χ4v) is 6.11. The quantitative estimate of drug-likeness (QED) is 0.232. The van der Waals surface area contributed by atoms with Gasteiger partial charge in [0.15, 0.2) is 11.5 Å². The predicted octanol–water partition coefficient (Wildman–Crippen LogP) is 7.12. The number of fused-ring (bicyclic) bond motifs is 1. The molecular weight excluding hydrogens is 502 g/mol. The van der Waals surface area contributed by atoms with Crippen LogP contribution in [0, 0.1) is 17.8 Å². The number of rotatable bonds is 9. The highest BCUT2D eigenvalue weighted by Gasteiger charge is 2.45. The van der Waals surface area contributed by atoms with Crippen molar-refractivity contribution in [2.75, 3.05) is 0 Å². The number of nitrogens with two attached hydrogens (primary N) is 1. The molecule has 210 valence electrons. The Bertz CT molecular complexity index is 1480. The Morgan fingerprint density at radius 3 is 2.55 bits per heavy atom. The number of pyridine rings is 1. The molecule has 40 heavy (non-hydrogen) atoms. The first-order valence-corrected chi connectivity index (χ1v) is 14.5. The summed E-state index contributed by atoms with van der Waals surface area (Å²) >= 11 is 0. The van der Waals surface area contributed by atoms with Gasteiger partial charge in [-0.25, -0.2) is 4.98 Å². The third-order valence-corrected chi connectivity index (χ3v) is 8.49. The van der Waals surface area contributed by atoms with Crippen molar-refractivity contribution in [3.05, 3.63) is 77.4 Å². The van der Waals surface area contributed by atoms with Crippen molar-refractivity contribution in [2.24, 2.45) is 23.5 Å². The number of para-hydroxylation sites is 1. The molecule has 6 rings (SSSR count). The maximum atomic E-state index is 11.3. The van der Waals surface area contributed by atoms with Crippen LogP contribution in [0.25, 0.3) is 22.2 Å². The Hall–Kier alpha value is -3.71. The van der Waals surface area contributed by atoms with E-state index in [0.29, 0.717) is 29.7 Å². The standard InChI is InChI=1S/C31H33N3O4.C2H6/c1-18-6-7-23(18)24-8-9-25(24)31-34-27-13-19(17-37-28-5-3-2-4-21(28)15-29(35)36)12-26(30(27)38-31)20-10-11-33-22(14-20)16-32;1-2/h2-5,10-14,18,23-25H,6-9,15-17,32H2,1H3,(H,35,36);1-2H3. The molecule has 0 aliphatic heterocycles. The van der Waals surface area contributed by atoms with Crippen LogP contribution in [-0.4, -0.2) is 21.0 Å². The Kier molecular flexibility index (Phi) is 8.50. The molecule has 2 aliphatic carbocycles. The molecule has 0 amide bonds. The summed E-state index contributed by atoms with van der Waals surface area (Å²) in [4.78, 5) is 20.7. The molecule has 7 heteroatoms. The summed E-state index contributed by atoms with van der Waals surface area (Å²) in [6.45, 7) is 7.00. The fourth-order valence-electron chi connectivity index (χ4n) is 6.11. The van der Waals surface area contributed by atoms with Gasteiger partial charge in [0.1, 0.15) is 17.9 Å². The zero-order valence-corrected chi connectivity index (χ0v) is 23.6. The van der Waals surface area contributed by atoms with Gasteiger partial charge in [0.25, 0.3) is 0 Å². The van der Waals surface area contributed by atoms with Crippen LogP contribution in [0.4, 0.5) is 0 Å². The molecule has 2 aromatic carbocycles. The summed E-state index contributed by atoms with van der Waals surface area (Å²) in [6.07, 6.45) is 6.71. The van der Waals surface area contributed by atoms with Gasteiger partial charge in [0.2, 0.25) is 0 Å². The maximum Gasteiger partial charge on any atom is 0.307 e. The van der Waals surface area contributed by atoms with Gasteiger partial charge in [-0.2, -0.15) is 0 Å². The van der Waals surface area contributed by atoms with E-state index in [2.05, 4.69) is 18.0 Å². The van der Waals surface area contributed by atoms with Crippen molar-refractivity contribution in [2.45, 2.75) is 71.9 Å². The number of carboxylic acid groups (broad SMARTS) is 1. The monoisotopic (exact) mass is 541 g/mol. The van der Waals surface area contributed by atoms with Gasteiger partial charge < -0.3 is 20.0 Å². The second kappa shape index (κ2) is 12.2. The van der Waals surface area contributed by atoms with Crippen molar-refractivity contribution < 1.29 is 19.1 Å². The minimum Gasteiger partial charge on any atom is -0.489 e. The van der Waals surface area contributed by atoms with Crippen LogP contribution < -0.4 is 10.5 Å². The minimum absolute atomic E-state index is 0.0891. The van der Waals surface area contributed by atoms with E-state index < -0.39 is 5.97 Å². The van der Waals surface area contributed by atoms with E-state index in [-0.39, 0.29) is 13.0 Å². The summed E-state index contributed by atoms with van der Waals surface area (Å²) in [5, 5.41) is 9.27. The Labute approximate surface area is 235 Å². The number of ether oxygens (including phenoxy) is 1. The molecule has 4 aromatic rings. The smallest absolute Gasteiger partial charge is 0.307 e. The number of aliphatic carboxylic acids is 1. The van der Waals surface area contributed by atoms with Gasteiger partial charge in [-0.1, -0.05) is 45.4 Å². The lowest BCUT2D eigenvalue weighted by Gasteiger charge is -2.48. The zero-order chi connectivity index (χ0) is 28.2. The van der Waals surface area contributed by atoms with E-state index in [1.807, 2.05) is 44.2 Å². The number of hydrogen-bond acceptors (Lipinski definition) is 6. The largest absolute Gasteiger partial charge is 0.489 e. The average Bonchev–Trinajstić information content (AvgIpc) is 3.37. The number of benzene rings is 2. The van der Waals surface area contributed by atoms with Gasteiger partial charge >= 0.3 is 5.97 Å². The minimum atomic E-state index is -0.890. The molecule has 4 atom stereocenters. The highest BCUT2D eigenvalue weighted by molar-refractivity contribution is 5.91. The Balaban J connectivity index is 0.00000158. The van der Waals surface area contributed by atoms with Crippen molar-refractivity contribution in [3.63, 3.8) is 0 Å². The first kappa shape index (κ1) is 27.8. The average molecular weight is 542 g/mol. The van der Waals surface area contributed by atoms with Crippen molar-refractivity contribution in [3.8, 4) is 16.9 Å². The van der Waals surface area contributed by atoms with Gasteiger partial charge in [-0.05, 0) is 78.5 Å². The van der Waals surface area contributed by atoms with E-state index in [1.165, 1.54) is 19.3 Å². The van der Waals surface area contributed by atoms with E-state index in [0.717, 1.165) is 57.6 Å². The molecular formula is C33H39N3O4. The molecule has 0 spiro atoms. The molecule has 3 N–H and O–H groups in total. The summed E-state index contributed by atoms with van der Waals surface area (Å²) in [5.74, 6) is 3.13. The van der Waals surface area contributed by atoms with E-state index in [1.54, 1.807) is 18.3 Å². The number of aromatic nitrogens is 2. The molecule has 2 aromatic heterocycles. The van der Waals surface area contributed by atoms with Crippen LogP contribution in [0.15, 0.2) is 59.1 Å². The molecule has 2 fully saturated rings. The predicted molar refractivity (Wildman–Crippen MR) is 156 cm³/mol. The van der Waals surface area contributed by atoms with Crippen LogP contribution in [0.2, 0.25) is 0 Å². The molecule has 0 saturated heterocycles. The summed E-state index contributed by atoms with van der Waals surface area (Å²) in [5.41, 5.74) is 11.8. The molecule has 0 bridgehead atoms. The lowest BCUT2D eigenvalue weighted by Crippen LogP contribution is -2.39. The zero-order valence-electron chi connectivity index (χ0n) is 23.6. The number of carboxylic acids is 1. The number of hydrogen-bond donors (Lipinski definition) is 2. The third-order valence-electron chi connectivity index (χ3n) is 8.49.